The third-order valence-corrected chi connectivity index (χ3v) is 4.69. The van der Waals surface area contributed by atoms with E-state index in [9.17, 15) is 0 Å². The van der Waals surface area contributed by atoms with Crippen LogP contribution in [0, 0.1) is 0 Å². The van der Waals surface area contributed by atoms with Crippen LogP contribution in [0.15, 0.2) is 73.3 Å². The fourth-order valence-corrected chi connectivity index (χ4v) is 3.21. The van der Waals surface area contributed by atoms with Crippen molar-refractivity contribution in [3.63, 3.8) is 0 Å². The molecule has 4 rings (SSSR count). The highest BCUT2D eigenvalue weighted by Crippen LogP contribution is 2.27. The van der Waals surface area contributed by atoms with Crippen LogP contribution in [0.2, 0.25) is 0 Å². The molecule has 0 spiro atoms. The van der Waals surface area contributed by atoms with Crippen LogP contribution in [0.25, 0.3) is 22.2 Å². The Morgan fingerprint density at radius 1 is 0.964 bits per heavy atom. The number of hydrogen-bond donors (Lipinski definition) is 1. The molecule has 0 fully saturated rings. The molecule has 0 aliphatic carbocycles. The Bertz CT molecular complexity index is 1050. The third-order valence-electron chi connectivity index (χ3n) is 4.69. The van der Waals surface area contributed by atoms with Gasteiger partial charge in [0.25, 0.3) is 0 Å². The lowest BCUT2D eigenvalue weighted by Gasteiger charge is -2.13. The fraction of sp³-hybridized carbons (Fsp3) is 0.174. The summed E-state index contributed by atoms with van der Waals surface area (Å²) in [5.74, 6) is 0.808. The molecular formula is C23H22N4O. The molecule has 1 aromatic carbocycles. The number of ether oxygens (including phenoxy) is 1. The van der Waals surface area contributed by atoms with Gasteiger partial charge in [0.1, 0.15) is 5.75 Å². The van der Waals surface area contributed by atoms with Gasteiger partial charge in [-0.05, 0) is 60.5 Å². The molecule has 0 saturated carbocycles. The van der Waals surface area contributed by atoms with Crippen molar-refractivity contribution in [1.82, 2.24) is 20.3 Å². The van der Waals surface area contributed by atoms with E-state index in [2.05, 4.69) is 33.5 Å². The van der Waals surface area contributed by atoms with Gasteiger partial charge < -0.3 is 10.1 Å². The molecule has 0 radical (unpaired) electrons. The van der Waals surface area contributed by atoms with Crippen LogP contribution in [-0.2, 0) is 13.0 Å². The molecule has 3 heterocycles. The number of benzene rings is 1. The van der Waals surface area contributed by atoms with Gasteiger partial charge in [-0.15, -0.1) is 0 Å². The molecule has 140 valence electrons. The summed E-state index contributed by atoms with van der Waals surface area (Å²) < 4.78 is 5.35. The highest BCUT2D eigenvalue weighted by molar-refractivity contribution is 5.84. The maximum absolute atomic E-state index is 5.35. The average Bonchev–Trinajstić information content (AvgIpc) is 2.77. The van der Waals surface area contributed by atoms with Crippen molar-refractivity contribution in [2.24, 2.45) is 0 Å². The number of methoxy groups -OCH3 is 1. The van der Waals surface area contributed by atoms with Gasteiger partial charge >= 0.3 is 0 Å². The first kappa shape index (κ1) is 18.1. The Morgan fingerprint density at radius 3 is 2.64 bits per heavy atom. The van der Waals surface area contributed by atoms with Gasteiger partial charge in [-0.3, -0.25) is 9.97 Å². The van der Waals surface area contributed by atoms with Crippen LogP contribution >= 0.6 is 0 Å². The van der Waals surface area contributed by atoms with Crippen molar-refractivity contribution < 1.29 is 4.74 Å². The number of nitrogens with zero attached hydrogens (tertiary/aromatic N) is 3. The molecule has 0 bridgehead atoms. The zero-order valence-corrected chi connectivity index (χ0v) is 15.8. The van der Waals surface area contributed by atoms with Gasteiger partial charge in [0.2, 0.25) is 0 Å². The average molecular weight is 370 g/mol. The van der Waals surface area contributed by atoms with E-state index < -0.39 is 0 Å². The number of nitrogens with one attached hydrogen (secondary N) is 1. The zero-order chi connectivity index (χ0) is 19.2. The number of hydrogen-bond acceptors (Lipinski definition) is 5. The van der Waals surface area contributed by atoms with Crippen LogP contribution in [-0.4, -0.2) is 28.6 Å². The van der Waals surface area contributed by atoms with Gasteiger partial charge in [-0.2, -0.15) is 0 Å². The Kier molecular flexibility index (Phi) is 5.54. The van der Waals surface area contributed by atoms with Crippen molar-refractivity contribution in [3.8, 4) is 17.0 Å². The molecule has 3 aromatic heterocycles. The van der Waals surface area contributed by atoms with E-state index in [0.29, 0.717) is 0 Å². The zero-order valence-electron chi connectivity index (χ0n) is 15.8. The molecule has 0 aliphatic heterocycles. The molecule has 0 unspecified atom stereocenters. The smallest absolute Gasteiger partial charge is 0.121 e. The van der Waals surface area contributed by atoms with E-state index in [-0.39, 0.29) is 0 Å². The number of aromatic nitrogens is 3. The van der Waals surface area contributed by atoms with E-state index in [0.717, 1.165) is 53.0 Å². The van der Waals surface area contributed by atoms with E-state index in [1.807, 2.05) is 36.5 Å². The van der Waals surface area contributed by atoms with E-state index >= 15 is 0 Å². The predicted octanol–water partition coefficient (Wildman–Crippen LogP) is 4.03. The Morgan fingerprint density at radius 2 is 1.86 bits per heavy atom. The fourth-order valence-electron chi connectivity index (χ4n) is 3.21. The Labute approximate surface area is 164 Å². The van der Waals surface area contributed by atoms with Crippen molar-refractivity contribution in [1.29, 1.82) is 0 Å². The van der Waals surface area contributed by atoms with Gasteiger partial charge in [0.15, 0.2) is 0 Å². The minimum atomic E-state index is 0.743. The van der Waals surface area contributed by atoms with Gasteiger partial charge in [0.05, 0.1) is 18.3 Å². The second-order valence-electron chi connectivity index (χ2n) is 6.58. The van der Waals surface area contributed by atoms with Gasteiger partial charge in [-0.1, -0.05) is 6.07 Å². The summed E-state index contributed by atoms with van der Waals surface area (Å²) in [5, 5.41) is 4.64. The first-order valence-corrected chi connectivity index (χ1v) is 9.31. The maximum atomic E-state index is 5.35. The molecule has 0 saturated heterocycles. The number of rotatable bonds is 7. The van der Waals surface area contributed by atoms with Crippen molar-refractivity contribution >= 4 is 10.9 Å². The second-order valence-corrected chi connectivity index (χ2v) is 6.58. The minimum absolute atomic E-state index is 0.743. The first-order valence-electron chi connectivity index (χ1n) is 9.31. The summed E-state index contributed by atoms with van der Waals surface area (Å²) in [6, 6.07) is 16.3. The number of fused-ring (bicyclic) bond motifs is 1. The quantitative estimate of drug-likeness (QED) is 0.498. The molecule has 28 heavy (non-hydrogen) atoms. The Balaban J connectivity index is 1.59. The van der Waals surface area contributed by atoms with Gasteiger partial charge in [-0.25, -0.2) is 4.98 Å². The third kappa shape index (κ3) is 4.15. The topological polar surface area (TPSA) is 59.9 Å². The van der Waals surface area contributed by atoms with Crippen LogP contribution in [0.4, 0.5) is 0 Å². The first-order chi connectivity index (χ1) is 13.8. The van der Waals surface area contributed by atoms with Crippen LogP contribution < -0.4 is 10.1 Å². The highest BCUT2D eigenvalue weighted by atomic mass is 16.5. The summed E-state index contributed by atoms with van der Waals surface area (Å²) >= 11 is 0. The summed E-state index contributed by atoms with van der Waals surface area (Å²) in [6.45, 7) is 1.62. The monoisotopic (exact) mass is 370 g/mol. The summed E-state index contributed by atoms with van der Waals surface area (Å²) in [7, 11) is 1.67. The van der Waals surface area contributed by atoms with Crippen LogP contribution in [0.3, 0.4) is 0 Å². The number of pyridine rings is 3. The molecular weight excluding hydrogens is 348 g/mol. The van der Waals surface area contributed by atoms with Crippen molar-refractivity contribution in [2.75, 3.05) is 13.7 Å². The molecule has 5 nitrogen and oxygen atoms in total. The lowest BCUT2D eigenvalue weighted by molar-refractivity contribution is 0.415. The van der Waals surface area contributed by atoms with E-state index in [1.165, 1.54) is 5.56 Å². The highest BCUT2D eigenvalue weighted by Gasteiger charge is 2.10. The molecule has 4 aromatic rings. The predicted molar refractivity (Wildman–Crippen MR) is 111 cm³/mol. The minimum Gasteiger partial charge on any atom is -0.497 e. The molecule has 5 heteroatoms. The molecule has 1 N–H and O–H groups in total. The second kappa shape index (κ2) is 8.59. The molecule has 0 atom stereocenters. The molecule has 0 aliphatic rings. The van der Waals surface area contributed by atoms with E-state index in [4.69, 9.17) is 9.72 Å². The normalized spacial score (nSPS) is 10.9. The Hall–Kier alpha value is -3.31. The lowest BCUT2D eigenvalue weighted by atomic mass is 10.0. The molecule has 0 amide bonds. The van der Waals surface area contributed by atoms with Gasteiger partial charge in [0, 0.05) is 48.3 Å². The van der Waals surface area contributed by atoms with Crippen LogP contribution in [0.1, 0.15) is 11.1 Å². The maximum Gasteiger partial charge on any atom is 0.121 e. The summed E-state index contributed by atoms with van der Waals surface area (Å²) in [5.41, 5.74) is 5.34. The summed E-state index contributed by atoms with van der Waals surface area (Å²) in [6.07, 6.45) is 8.25. The van der Waals surface area contributed by atoms with Crippen molar-refractivity contribution in [2.45, 2.75) is 13.0 Å². The van der Waals surface area contributed by atoms with E-state index in [1.54, 1.807) is 25.7 Å². The standard InChI is InChI=1S/C23H22N4O/c1-28-21-5-4-19-13-20(16-26-10-6-17-3-2-9-25-15-17)23(27-22(19)14-21)18-7-11-24-12-8-18/h2-5,7-9,11-15,26H,6,10,16H2,1H3. The SMILES string of the molecule is COc1ccc2cc(CNCCc3cccnc3)c(-c3ccncc3)nc2c1. The summed E-state index contributed by atoms with van der Waals surface area (Å²) in [4.78, 5) is 13.2. The largest absolute Gasteiger partial charge is 0.497 e. The lowest BCUT2D eigenvalue weighted by Crippen LogP contribution is -2.17. The van der Waals surface area contributed by atoms with Crippen LogP contribution in [0.5, 0.6) is 5.75 Å². The van der Waals surface area contributed by atoms with Crippen molar-refractivity contribution in [3.05, 3.63) is 84.4 Å².